The van der Waals surface area contributed by atoms with Gasteiger partial charge in [0.25, 0.3) is 0 Å². The molecule has 0 bridgehead atoms. The Morgan fingerprint density at radius 1 is 0.963 bits per heavy atom. The molecule has 1 saturated heterocycles. The number of sulfonamides is 1. The molecule has 2 aromatic carbocycles. The zero-order valence-corrected chi connectivity index (χ0v) is 16.2. The number of nitrogens with zero attached hydrogens (tertiary/aromatic N) is 2. The predicted octanol–water partition coefficient (Wildman–Crippen LogP) is 2.35. The highest BCUT2D eigenvalue weighted by Gasteiger charge is 2.30. The SMILES string of the molecule is COc1ccc(CN2CCN(S(=O)(=O)c3ccccc3F)CC2)cc1OC. The first-order valence-electron chi connectivity index (χ1n) is 8.63. The summed E-state index contributed by atoms with van der Waals surface area (Å²) in [5.74, 6) is 0.614. The van der Waals surface area contributed by atoms with Gasteiger partial charge in [-0.1, -0.05) is 18.2 Å². The van der Waals surface area contributed by atoms with Gasteiger partial charge in [0.2, 0.25) is 10.0 Å². The molecule has 0 unspecified atom stereocenters. The van der Waals surface area contributed by atoms with Crippen molar-refractivity contribution in [2.45, 2.75) is 11.4 Å². The van der Waals surface area contributed by atoms with Gasteiger partial charge in [-0.15, -0.1) is 0 Å². The normalized spacial score (nSPS) is 16.3. The van der Waals surface area contributed by atoms with E-state index >= 15 is 0 Å². The van der Waals surface area contributed by atoms with Gasteiger partial charge in [0.15, 0.2) is 11.5 Å². The average Bonchev–Trinajstić information content (AvgIpc) is 2.68. The summed E-state index contributed by atoms with van der Waals surface area (Å²) in [6.45, 7) is 2.46. The molecule has 8 heteroatoms. The maximum atomic E-state index is 13.9. The van der Waals surface area contributed by atoms with Crippen LogP contribution in [0.4, 0.5) is 4.39 Å². The van der Waals surface area contributed by atoms with Crippen molar-refractivity contribution in [3.05, 3.63) is 53.8 Å². The number of hydrogen-bond donors (Lipinski definition) is 0. The lowest BCUT2D eigenvalue weighted by atomic mass is 10.1. The Hall–Kier alpha value is -2.16. The van der Waals surface area contributed by atoms with E-state index in [2.05, 4.69) is 4.90 Å². The van der Waals surface area contributed by atoms with Gasteiger partial charge in [-0.05, 0) is 29.8 Å². The van der Waals surface area contributed by atoms with Gasteiger partial charge in [-0.2, -0.15) is 4.31 Å². The van der Waals surface area contributed by atoms with Crippen LogP contribution in [0.15, 0.2) is 47.4 Å². The lowest BCUT2D eigenvalue weighted by Gasteiger charge is -2.34. The third-order valence-electron chi connectivity index (χ3n) is 4.64. The van der Waals surface area contributed by atoms with E-state index in [1.165, 1.54) is 28.6 Å². The van der Waals surface area contributed by atoms with Crippen LogP contribution in [0.2, 0.25) is 0 Å². The molecule has 0 N–H and O–H groups in total. The van der Waals surface area contributed by atoms with Crippen molar-refractivity contribution in [3.63, 3.8) is 0 Å². The lowest BCUT2D eigenvalue weighted by molar-refractivity contribution is 0.181. The highest BCUT2D eigenvalue weighted by molar-refractivity contribution is 7.89. The van der Waals surface area contributed by atoms with E-state index in [9.17, 15) is 12.8 Å². The number of halogens is 1. The second-order valence-electron chi connectivity index (χ2n) is 6.30. The quantitative estimate of drug-likeness (QED) is 0.753. The fraction of sp³-hybridized carbons (Fsp3) is 0.368. The van der Waals surface area contributed by atoms with Crippen molar-refractivity contribution in [2.24, 2.45) is 0 Å². The summed E-state index contributed by atoms with van der Waals surface area (Å²) in [6.07, 6.45) is 0. The lowest BCUT2D eigenvalue weighted by Crippen LogP contribution is -2.48. The van der Waals surface area contributed by atoms with E-state index in [1.807, 2.05) is 18.2 Å². The molecule has 0 saturated carbocycles. The molecule has 0 radical (unpaired) electrons. The van der Waals surface area contributed by atoms with Crippen molar-refractivity contribution in [2.75, 3.05) is 40.4 Å². The van der Waals surface area contributed by atoms with Crippen LogP contribution in [0, 0.1) is 5.82 Å². The molecule has 0 aliphatic carbocycles. The van der Waals surface area contributed by atoms with Gasteiger partial charge in [0.05, 0.1) is 14.2 Å². The number of benzene rings is 2. The van der Waals surface area contributed by atoms with E-state index in [-0.39, 0.29) is 4.90 Å². The zero-order chi connectivity index (χ0) is 19.4. The van der Waals surface area contributed by atoms with Crippen molar-refractivity contribution in [1.29, 1.82) is 0 Å². The number of rotatable bonds is 6. The molecular formula is C19H23FN2O4S. The molecule has 1 aliphatic heterocycles. The number of hydrogen-bond acceptors (Lipinski definition) is 5. The highest BCUT2D eigenvalue weighted by Crippen LogP contribution is 2.28. The van der Waals surface area contributed by atoms with Gasteiger partial charge in [0.1, 0.15) is 10.7 Å². The van der Waals surface area contributed by atoms with Crippen molar-refractivity contribution in [3.8, 4) is 11.5 Å². The number of piperazine rings is 1. The molecule has 6 nitrogen and oxygen atoms in total. The summed E-state index contributed by atoms with van der Waals surface area (Å²) in [4.78, 5) is 1.90. The van der Waals surface area contributed by atoms with Crippen molar-refractivity contribution < 1.29 is 22.3 Å². The van der Waals surface area contributed by atoms with Crippen LogP contribution < -0.4 is 9.47 Å². The molecule has 1 aliphatic rings. The fourth-order valence-electron chi connectivity index (χ4n) is 3.16. The van der Waals surface area contributed by atoms with E-state index in [0.29, 0.717) is 44.2 Å². The number of methoxy groups -OCH3 is 2. The summed E-state index contributed by atoms with van der Waals surface area (Å²) in [7, 11) is -0.632. The minimum atomic E-state index is -3.81. The minimum Gasteiger partial charge on any atom is -0.493 e. The largest absolute Gasteiger partial charge is 0.493 e. The fourth-order valence-corrected chi connectivity index (χ4v) is 4.65. The molecule has 0 amide bonds. The van der Waals surface area contributed by atoms with Crippen LogP contribution in [0.3, 0.4) is 0 Å². The third-order valence-corrected chi connectivity index (χ3v) is 6.57. The van der Waals surface area contributed by atoms with Crippen molar-refractivity contribution >= 4 is 10.0 Å². The third kappa shape index (κ3) is 4.23. The smallest absolute Gasteiger partial charge is 0.246 e. The molecule has 27 heavy (non-hydrogen) atoms. The predicted molar refractivity (Wildman–Crippen MR) is 100.0 cm³/mol. The molecule has 0 aromatic heterocycles. The monoisotopic (exact) mass is 394 g/mol. The van der Waals surface area contributed by atoms with E-state index in [4.69, 9.17) is 9.47 Å². The first-order valence-corrected chi connectivity index (χ1v) is 10.1. The maximum absolute atomic E-state index is 13.9. The molecule has 0 spiro atoms. The van der Waals surface area contributed by atoms with E-state index in [1.54, 1.807) is 14.2 Å². The van der Waals surface area contributed by atoms with E-state index < -0.39 is 15.8 Å². The summed E-state index contributed by atoms with van der Waals surface area (Å²) in [6, 6.07) is 11.2. The molecule has 2 aromatic rings. The van der Waals surface area contributed by atoms with Crippen LogP contribution >= 0.6 is 0 Å². The molecule has 3 rings (SSSR count). The Bertz CT molecular complexity index is 896. The second-order valence-corrected chi connectivity index (χ2v) is 8.21. The first kappa shape index (κ1) is 19.6. The van der Waals surface area contributed by atoms with Gasteiger partial charge in [0, 0.05) is 32.7 Å². The molecular weight excluding hydrogens is 371 g/mol. The molecule has 1 fully saturated rings. The molecule has 146 valence electrons. The molecule has 1 heterocycles. The highest BCUT2D eigenvalue weighted by atomic mass is 32.2. The summed E-state index contributed by atoms with van der Waals surface area (Å²) in [5, 5.41) is 0. The number of ether oxygens (including phenoxy) is 2. The Morgan fingerprint density at radius 2 is 1.63 bits per heavy atom. The Morgan fingerprint density at radius 3 is 2.26 bits per heavy atom. The van der Waals surface area contributed by atoms with Crippen molar-refractivity contribution in [1.82, 2.24) is 9.21 Å². The van der Waals surface area contributed by atoms with Gasteiger partial charge >= 0.3 is 0 Å². The van der Waals surface area contributed by atoms with Crippen LogP contribution in [0.25, 0.3) is 0 Å². The first-order chi connectivity index (χ1) is 13.0. The topological polar surface area (TPSA) is 59.1 Å². The maximum Gasteiger partial charge on any atom is 0.246 e. The van der Waals surface area contributed by atoms with Gasteiger partial charge in [-0.3, -0.25) is 4.90 Å². The molecule has 0 atom stereocenters. The summed E-state index contributed by atoms with van der Waals surface area (Å²) in [5.41, 5.74) is 1.05. The van der Waals surface area contributed by atoms with Crippen LogP contribution in [-0.2, 0) is 16.6 Å². The summed E-state index contributed by atoms with van der Waals surface area (Å²) >= 11 is 0. The van der Waals surface area contributed by atoms with Crippen LogP contribution in [-0.4, -0.2) is 58.0 Å². The summed E-state index contributed by atoms with van der Waals surface area (Å²) < 4.78 is 51.1. The van der Waals surface area contributed by atoms with Crippen LogP contribution in [0.1, 0.15) is 5.56 Å². The van der Waals surface area contributed by atoms with Crippen LogP contribution in [0.5, 0.6) is 11.5 Å². The van der Waals surface area contributed by atoms with E-state index in [0.717, 1.165) is 5.56 Å². The van der Waals surface area contributed by atoms with Gasteiger partial charge < -0.3 is 9.47 Å². The Kier molecular flexibility index (Phi) is 5.98. The standard InChI is InChI=1S/C19H23FN2O4S/c1-25-17-8-7-15(13-18(17)26-2)14-21-9-11-22(12-10-21)27(23,24)19-6-4-3-5-16(19)20/h3-8,13H,9-12,14H2,1-2H3. The van der Waals surface area contributed by atoms with Gasteiger partial charge in [-0.25, -0.2) is 12.8 Å². The Labute approximate surface area is 159 Å². The second kappa shape index (κ2) is 8.24. The zero-order valence-electron chi connectivity index (χ0n) is 15.4. The average molecular weight is 394 g/mol. The minimum absolute atomic E-state index is 0.265. The Balaban J connectivity index is 1.65.